The monoisotopic (exact) mass is 339 g/mol. The first-order chi connectivity index (χ1) is 11.7. The van der Waals surface area contributed by atoms with Gasteiger partial charge in [-0.05, 0) is 49.9 Å². The number of carbonyl (C=O) groups is 1. The highest BCUT2D eigenvalue weighted by Crippen LogP contribution is 2.45. The van der Waals surface area contributed by atoms with Crippen LogP contribution in [-0.4, -0.2) is 26.4 Å². The quantitative estimate of drug-likeness (QED) is 0.818. The SMILES string of the molecule is N#Cc1ccc(NC(=O)CSc2nnc(C3CC3)n2C2CC2)cc1. The van der Waals surface area contributed by atoms with Crippen LogP contribution in [0.2, 0.25) is 0 Å². The average molecular weight is 339 g/mol. The molecule has 24 heavy (non-hydrogen) atoms. The van der Waals surface area contributed by atoms with Crippen LogP contribution in [0.25, 0.3) is 0 Å². The number of amides is 1. The van der Waals surface area contributed by atoms with Gasteiger partial charge in [0.05, 0.1) is 17.4 Å². The van der Waals surface area contributed by atoms with Crippen molar-refractivity contribution < 1.29 is 4.79 Å². The fraction of sp³-hybridized carbons (Fsp3) is 0.412. The standard InChI is InChI=1S/C17H17N5OS/c18-9-11-1-5-13(6-2-11)19-15(23)10-24-17-21-20-16(12-3-4-12)22(17)14-7-8-14/h1-2,5-6,12,14H,3-4,7-8,10H2,(H,19,23). The van der Waals surface area contributed by atoms with Crippen molar-refractivity contribution in [2.45, 2.75) is 42.8 Å². The second kappa shape index (κ2) is 6.29. The molecule has 1 amide bonds. The molecular formula is C17H17N5OS. The van der Waals surface area contributed by atoms with E-state index in [1.165, 1.54) is 37.4 Å². The average Bonchev–Trinajstić information content (AvgIpc) is 3.52. The van der Waals surface area contributed by atoms with Gasteiger partial charge in [0.25, 0.3) is 0 Å². The fourth-order valence-electron chi connectivity index (χ4n) is 2.64. The lowest BCUT2D eigenvalue weighted by atomic mass is 10.2. The Bertz CT molecular complexity index is 799. The Hall–Kier alpha value is -2.33. The second-order valence-corrected chi connectivity index (χ2v) is 7.18. The van der Waals surface area contributed by atoms with Crippen LogP contribution < -0.4 is 5.32 Å². The van der Waals surface area contributed by atoms with Crippen molar-refractivity contribution in [3.63, 3.8) is 0 Å². The molecule has 0 aliphatic heterocycles. The van der Waals surface area contributed by atoms with E-state index in [0.29, 0.717) is 29.0 Å². The van der Waals surface area contributed by atoms with Crippen LogP contribution in [0.15, 0.2) is 29.4 Å². The van der Waals surface area contributed by atoms with Crippen molar-refractivity contribution in [1.29, 1.82) is 5.26 Å². The molecule has 122 valence electrons. The molecule has 0 spiro atoms. The fourth-order valence-corrected chi connectivity index (χ4v) is 3.45. The van der Waals surface area contributed by atoms with Gasteiger partial charge in [0, 0.05) is 17.6 Å². The lowest BCUT2D eigenvalue weighted by Crippen LogP contribution is -2.14. The molecule has 0 saturated heterocycles. The molecule has 1 heterocycles. The number of nitrogens with zero attached hydrogens (tertiary/aromatic N) is 4. The molecule has 2 saturated carbocycles. The number of aromatic nitrogens is 3. The summed E-state index contributed by atoms with van der Waals surface area (Å²) in [6.45, 7) is 0. The van der Waals surface area contributed by atoms with Gasteiger partial charge in [0.2, 0.25) is 5.91 Å². The number of hydrogen-bond donors (Lipinski definition) is 1. The number of rotatable bonds is 6. The molecule has 1 aromatic carbocycles. The predicted molar refractivity (Wildman–Crippen MR) is 90.8 cm³/mol. The third-order valence-electron chi connectivity index (χ3n) is 4.18. The molecule has 0 atom stereocenters. The Labute approximate surface area is 144 Å². The molecule has 6 nitrogen and oxygen atoms in total. The minimum absolute atomic E-state index is 0.0805. The molecule has 2 fully saturated rings. The second-order valence-electron chi connectivity index (χ2n) is 6.24. The largest absolute Gasteiger partial charge is 0.325 e. The zero-order valence-corrected chi connectivity index (χ0v) is 13.9. The van der Waals surface area contributed by atoms with E-state index in [9.17, 15) is 4.79 Å². The Morgan fingerprint density at radius 3 is 2.62 bits per heavy atom. The van der Waals surface area contributed by atoms with E-state index in [0.717, 1.165) is 11.0 Å². The first-order valence-corrected chi connectivity index (χ1v) is 9.11. The highest BCUT2D eigenvalue weighted by atomic mass is 32.2. The van der Waals surface area contributed by atoms with Crippen LogP contribution in [0.5, 0.6) is 0 Å². The van der Waals surface area contributed by atoms with Gasteiger partial charge in [0.1, 0.15) is 5.82 Å². The van der Waals surface area contributed by atoms with Gasteiger partial charge >= 0.3 is 0 Å². The number of carbonyl (C=O) groups excluding carboxylic acids is 1. The molecule has 7 heteroatoms. The lowest BCUT2D eigenvalue weighted by molar-refractivity contribution is -0.113. The summed E-state index contributed by atoms with van der Waals surface area (Å²) in [6, 6.07) is 9.43. The number of benzene rings is 1. The summed E-state index contributed by atoms with van der Waals surface area (Å²) in [7, 11) is 0. The molecule has 0 radical (unpaired) electrons. The third-order valence-corrected chi connectivity index (χ3v) is 5.12. The number of nitrogens with one attached hydrogen (secondary N) is 1. The summed E-state index contributed by atoms with van der Waals surface area (Å²) in [5, 5.41) is 21.1. The number of hydrogen-bond acceptors (Lipinski definition) is 5. The number of nitriles is 1. The van der Waals surface area contributed by atoms with Crippen molar-refractivity contribution in [2.75, 3.05) is 11.1 Å². The van der Waals surface area contributed by atoms with Gasteiger partial charge in [-0.1, -0.05) is 11.8 Å². The Balaban J connectivity index is 1.38. The van der Waals surface area contributed by atoms with Gasteiger partial charge in [-0.3, -0.25) is 4.79 Å². The van der Waals surface area contributed by atoms with Gasteiger partial charge in [-0.15, -0.1) is 10.2 Å². The van der Waals surface area contributed by atoms with Crippen molar-refractivity contribution in [3.05, 3.63) is 35.7 Å². The summed E-state index contributed by atoms with van der Waals surface area (Å²) in [6.07, 6.45) is 4.77. The first-order valence-electron chi connectivity index (χ1n) is 8.12. The topological polar surface area (TPSA) is 83.6 Å². The van der Waals surface area contributed by atoms with E-state index in [4.69, 9.17) is 5.26 Å². The molecule has 2 aromatic rings. The maximum absolute atomic E-state index is 12.1. The first kappa shape index (κ1) is 15.2. The molecule has 4 rings (SSSR count). The van der Waals surface area contributed by atoms with E-state index in [2.05, 4.69) is 26.2 Å². The molecule has 0 bridgehead atoms. The molecule has 0 unspecified atom stereocenters. The number of thioether (sulfide) groups is 1. The Kier molecular flexibility index (Phi) is 3.98. The van der Waals surface area contributed by atoms with Crippen LogP contribution in [-0.2, 0) is 4.79 Å². The van der Waals surface area contributed by atoms with Crippen LogP contribution in [0.3, 0.4) is 0 Å². The number of anilines is 1. The summed E-state index contributed by atoms with van der Waals surface area (Å²) in [5.74, 6) is 1.89. The highest BCUT2D eigenvalue weighted by molar-refractivity contribution is 7.99. The van der Waals surface area contributed by atoms with Crippen LogP contribution in [0.4, 0.5) is 5.69 Å². The summed E-state index contributed by atoms with van der Waals surface area (Å²) in [5.41, 5.74) is 1.27. The zero-order chi connectivity index (χ0) is 16.5. The lowest BCUT2D eigenvalue weighted by Gasteiger charge is -2.08. The van der Waals surface area contributed by atoms with Crippen LogP contribution in [0.1, 0.15) is 49.0 Å². The van der Waals surface area contributed by atoms with Crippen molar-refractivity contribution in [3.8, 4) is 6.07 Å². The van der Waals surface area contributed by atoms with Gasteiger partial charge < -0.3 is 9.88 Å². The summed E-state index contributed by atoms with van der Waals surface area (Å²) >= 11 is 1.44. The molecule has 2 aliphatic carbocycles. The minimum Gasteiger partial charge on any atom is -0.325 e. The third kappa shape index (κ3) is 3.29. The normalized spacial score (nSPS) is 16.6. The molecule has 1 N–H and O–H groups in total. The van der Waals surface area contributed by atoms with Crippen LogP contribution in [0, 0.1) is 11.3 Å². The van der Waals surface area contributed by atoms with Gasteiger partial charge in [0.15, 0.2) is 5.16 Å². The zero-order valence-electron chi connectivity index (χ0n) is 13.1. The molecule has 2 aliphatic rings. The molecule has 1 aromatic heterocycles. The van der Waals surface area contributed by atoms with Crippen LogP contribution >= 0.6 is 11.8 Å². The summed E-state index contributed by atoms with van der Waals surface area (Å²) < 4.78 is 2.25. The Morgan fingerprint density at radius 1 is 1.25 bits per heavy atom. The van der Waals surface area contributed by atoms with Crippen molar-refractivity contribution in [2.24, 2.45) is 0 Å². The minimum atomic E-state index is -0.0805. The molecular weight excluding hydrogens is 322 g/mol. The maximum atomic E-state index is 12.1. The van der Waals surface area contributed by atoms with Crippen molar-refractivity contribution >= 4 is 23.4 Å². The maximum Gasteiger partial charge on any atom is 0.234 e. The van der Waals surface area contributed by atoms with Gasteiger partial charge in [-0.25, -0.2) is 0 Å². The van der Waals surface area contributed by atoms with Gasteiger partial charge in [-0.2, -0.15) is 5.26 Å². The van der Waals surface area contributed by atoms with E-state index >= 15 is 0 Å². The summed E-state index contributed by atoms with van der Waals surface area (Å²) in [4.78, 5) is 12.1. The predicted octanol–water partition coefficient (Wildman–Crippen LogP) is 3.09. The van der Waals surface area contributed by atoms with E-state index in [-0.39, 0.29) is 5.91 Å². The van der Waals surface area contributed by atoms with Crippen molar-refractivity contribution in [1.82, 2.24) is 14.8 Å². The van der Waals surface area contributed by atoms with E-state index in [1.807, 2.05) is 0 Å². The Morgan fingerprint density at radius 2 is 2.00 bits per heavy atom. The van der Waals surface area contributed by atoms with E-state index in [1.54, 1.807) is 24.3 Å². The highest BCUT2D eigenvalue weighted by Gasteiger charge is 2.36. The smallest absolute Gasteiger partial charge is 0.234 e. The van der Waals surface area contributed by atoms with E-state index < -0.39 is 0 Å².